The van der Waals surface area contributed by atoms with E-state index in [2.05, 4.69) is 21.2 Å². The Hall–Kier alpha value is -1.07. The number of aliphatic hydroxyl groups excluding tert-OH is 1. The molecule has 5 heteroatoms. The third kappa shape index (κ3) is 3.71. The molecule has 0 atom stereocenters. The Bertz CT molecular complexity index is 419. The highest BCUT2D eigenvalue weighted by molar-refractivity contribution is 9.10. The molecule has 0 aliphatic heterocycles. The van der Waals surface area contributed by atoms with E-state index in [9.17, 15) is 4.79 Å². The summed E-state index contributed by atoms with van der Waals surface area (Å²) in [6.07, 6.45) is 0.499. The third-order valence-electron chi connectivity index (χ3n) is 2.46. The predicted molar refractivity (Wildman–Crippen MR) is 71.8 cm³/mol. The van der Waals surface area contributed by atoms with Gasteiger partial charge in [0.2, 0.25) is 0 Å². The van der Waals surface area contributed by atoms with E-state index in [-0.39, 0.29) is 12.5 Å². The van der Waals surface area contributed by atoms with Gasteiger partial charge in [-0.3, -0.25) is 4.79 Å². The summed E-state index contributed by atoms with van der Waals surface area (Å²) in [7, 11) is 0. The fourth-order valence-electron chi connectivity index (χ4n) is 1.44. The average Bonchev–Trinajstić information content (AvgIpc) is 2.21. The Kier molecular flexibility index (Phi) is 4.54. The topological polar surface area (TPSA) is 75.3 Å². The number of aliphatic hydroxyl groups is 1. The van der Waals surface area contributed by atoms with Crippen LogP contribution >= 0.6 is 15.9 Å². The summed E-state index contributed by atoms with van der Waals surface area (Å²) in [4.78, 5) is 12.0. The van der Waals surface area contributed by atoms with Crippen LogP contribution in [0.25, 0.3) is 0 Å². The highest BCUT2D eigenvalue weighted by atomic mass is 79.9. The van der Waals surface area contributed by atoms with Gasteiger partial charge in [-0.15, -0.1) is 0 Å². The quantitative estimate of drug-likeness (QED) is 0.744. The lowest BCUT2D eigenvalue weighted by molar-refractivity contribution is 0.0899. The smallest absolute Gasteiger partial charge is 0.252 e. The van der Waals surface area contributed by atoms with E-state index < -0.39 is 5.54 Å². The standard InChI is InChI=1S/C12H17BrN2O2/c1-12(2,6-7-16)15-11(17)8-4-3-5-9(14)10(8)13/h3-5,16H,6-7,14H2,1-2H3,(H,15,17). The van der Waals surface area contributed by atoms with E-state index in [1.807, 2.05) is 13.8 Å². The lowest BCUT2D eigenvalue weighted by Crippen LogP contribution is -2.44. The van der Waals surface area contributed by atoms with Gasteiger partial charge < -0.3 is 16.2 Å². The molecule has 1 rings (SSSR count). The molecule has 4 N–H and O–H groups in total. The van der Waals surface area contributed by atoms with Gasteiger partial charge in [0, 0.05) is 17.8 Å². The monoisotopic (exact) mass is 300 g/mol. The van der Waals surface area contributed by atoms with Crippen molar-refractivity contribution in [3.63, 3.8) is 0 Å². The SMILES string of the molecule is CC(C)(CCO)NC(=O)c1cccc(N)c1Br. The molecular formula is C12H17BrN2O2. The minimum Gasteiger partial charge on any atom is -0.398 e. The summed E-state index contributed by atoms with van der Waals surface area (Å²) in [5.41, 5.74) is 6.29. The van der Waals surface area contributed by atoms with E-state index in [4.69, 9.17) is 10.8 Å². The number of hydrogen-bond acceptors (Lipinski definition) is 3. The lowest BCUT2D eigenvalue weighted by Gasteiger charge is -2.25. The summed E-state index contributed by atoms with van der Waals surface area (Å²) in [5, 5.41) is 11.8. The first-order chi connectivity index (χ1) is 7.87. The van der Waals surface area contributed by atoms with Crippen molar-refractivity contribution in [2.45, 2.75) is 25.8 Å². The molecule has 0 aliphatic rings. The van der Waals surface area contributed by atoms with Crippen molar-refractivity contribution in [2.24, 2.45) is 0 Å². The molecule has 0 aliphatic carbocycles. The number of carbonyl (C=O) groups is 1. The molecule has 94 valence electrons. The Morgan fingerprint density at radius 2 is 2.18 bits per heavy atom. The van der Waals surface area contributed by atoms with Gasteiger partial charge >= 0.3 is 0 Å². The Balaban J connectivity index is 2.87. The minimum absolute atomic E-state index is 0.0331. The van der Waals surface area contributed by atoms with Crippen LogP contribution in [-0.4, -0.2) is 23.2 Å². The van der Waals surface area contributed by atoms with Gasteiger partial charge in [-0.25, -0.2) is 0 Å². The Morgan fingerprint density at radius 1 is 1.53 bits per heavy atom. The first-order valence-corrected chi connectivity index (χ1v) is 6.14. The first kappa shape index (κ1) is 14.0. The number of rotatable bonds is 4. The summed E-state index contributed by atoms with van der Waals surface area (Å²) in [6, 6.07) is 5.15. The molecule has 1 amide bonds. The molecular weight excluding hydrogens is 284 g/mol. The lowest BCUT2D eigenvalue weighted by atomic mass is 10.0. The molecule has 4 nitrogen and oxygen atoms in total. The van der Waals surface area contributed by atoms with Crippen molar-refractivity contribution < 1.29 is 9.90 Å². The molecule has 17 heavy (non-hydrogen) atoms. The Morgan fingerprint density at radius 3 is 2.76 bits per heavy atom. The maximum absolute atomic E-state index is 12.0. The van der Waals surface area contributed by atoms with Gasteiger partial charge in [0.05, 0.1) is 10.0 Å². The van der Waals surface area contributed by atoms with E-state index >= 15 is 0 Å². The average molecular weight is 301 g/mol. The normalized spacial score (nSPS) is 11.3. The van der Waals surface area contributed by atoms with Crippen LogP contribution < -0.4 is 11.1 Å². The summed E-state index contributed by atoms with van der Waals surface area (Å²) in [6.45, 7) is 3.76. The number of nitrogens with two attached hydrogens (primary N) is 1. The molecule has 0 unspecified atom stereocenters. The van der Waals surface area contributed by atoms with Crippen molar-refractivity contribution in [3.05, 3.63) is 28.2 Å². The third-order valence-corrected chi connectivity index (χ3v) is 3.35. The van der Waals surface area contributed by atoms with Gasteiger partial charge in [0.1, 0.15) is 0 Å². The van der Waals surface area contributed by atoms with E-state index in [1.54, 1.807) is 18.2 Å². The number of amides is 1. The van der Waals surface area contributed by atoms with E-state index in [1.165, 1.54) is 0 Å². The highest BCUT2D eigenvalue weighted by Gasteiger charge is 2.22. The number of nitrogens with one attached hydrogen (secondary N) is 1. The predicted octanol–water partition coefficient (Wildman–Crippen LogP) is 1.92. The van der Waals surface area contributed by atoms with Crippen molar-refractivity contribution >= 4 is 27.5 Å². The van der Waals surface area contributed by atoms with Crippen LogP contribution in [0.2, 0.25) is 0 Å². The minimum atomic E-state index is -0.449. The number of anilines is 1. The van der Waals surface area contributed by atoms with Crippen LogP contribution in [-0.2, 0) is 0 Å². The second kappa shape index (κ2) is 5.51. The molecule has 0 saturated heterocycles. The van der Waals surface area contributed by atoms with Crippen LogP contribution in [0.1, 0.15) is 30.6 Å². The summed E-state index contributed by atoms with van der Waals surface area (Å²) >= 11 is 3.29. The van der Waals surface area contributed by atoms with Crippen LogP contribution in [0.3, 0.4) is 0 Å². The molecule has 0 fully saturated rings. The molecule has 0 spiro atoms. The molecule has 0 bridgehead atoms. The highest BCUT2D eigenvalue weighted by Crippen LogP contribution is 2.24. The van der Waals surface area contributed by atoms with Crippen LogP contribution in [0.15, 0.2) is 22.7 Å². The number of hydrogen-bond donors (Lipinski definition) is 3. The van der Waals surface area contributed by atoms with Gasteiger partial charge in [0.15, 0.2) is 0 Å². The van der Waals surface area contributed by atoms with E-state index in [0.717, 1.165) is 0 Å². The van der Waals surface area contributed by atoms with Crippen molar-refractivity contribution in [1.82, 2.24) is 5.32 Å². The summed E-state index contributed by atoms with van der Waals surface area (Å²) < 4.78 is 0.595. The van der Waals surface area contributed by atoms with Gasteiger partial charge in [-0.2, -0.15) is 0 Å². The number of carbonyl (C=O) groups excluding carboxylic acids is 1. The first-order valence-electron chi connectivity index (χ1n) is 5.35. The fraction of sp³-hybridized carbons (Fsp3) is 0.417. The number of halogens is 1. The van der Waals surface area contributed by atoms with Crippen LogP contribution in [0.5, 0.6) is 0 Å². The van der Waals surface area contributed by atoms with Gasteiger partial charge in [-0.05, 0) is 48.3 Å². The van der Waals surface area contributed by atoms with Crippen molar-refractivity contribution in [3.8, 4) is 0 Å². The van der Waals surface area contributed by atoms with Gasteiger partial charge in [0.25, 0.3) is 5.91 Å². The Labute approximate surface area is 109 Å². The zero-order valence-electron chi connectivity index (χ0n) is 9.96. The van der Waals surface area contributed by atoms with Crippen LogP contribution in [0, 0.1) is 0 Å². The molecule has 0 radical (unpaired) electrons. The van der Waals surface area contributed by atoms with E-state index in [0.29, 0.717) is 22.1 Å². The zero-order chi connectivity index (χ0) is 13.1. The molecule has 0 saturated carbocycles. The van der Waals surface area contributed by atoms with Crippen molar-refractivity contribution in [2.75, 3.05) is 12.3 Å². The zero-order valence-corrected chi connectivity index (χ0v) is 11.5. The van der Waals surface area contributed by atoms with Gasteiger partial charge in [-0.1, -0.05) is 6.07 Å². The number of benzene rings is 1. The second-order valence-corrected chi connectivity index (χ2v) is 5.31. The summed E-state index contributed by atoms with van der Waals surface area (Å²) in [5.74, 6) is -0.206. The van der Waals surface area contributed by atoms with Crippen molar-refractivity contribution in [1.29, 1.82) is 0 Å². The fourth-order valence-corrected chi connectivity index (χ4v) is 1.89. The maximum Gasteiger partial charge on any atom is 0.252 e. The maximum atomic E-state index is 12.0. The number of nitrogen functional groups attached to an aromatic ring is 1. The molecule has 1 aromatic carbocycles. The molecule has 0 aromatic heterocycles. The molecule has 0 heterocycles. The second-order valence-electron chi connectivity index (χ2n) is 4.52. The van der Waals surface area contributed by atoms with Crippen LogP contribution in [0.4, 0.5) is 5.69 Å². The largest absolute Gasteiger partial charge is 0.398 e. The molecule has 1 aromatic rings.